The maximum atomic E-state index is 2.41. The van der Waals surface area contributed by atoms with Gasteiger partial charge in [0.2, 0.25) is 0 Å². The number of hydrogen-bond acceptors (Lipinski definition) is 0. The average Bonchev–Trinajstić information content (AvgIpc) is 2.31. The van der Waals surface area contributed by atoms with Gasteiger partial charge >= 0.3 is 0 Å². The van der Waals surface area contributed by atoms with Gasteiger partial charge in [-0.1, -0.05) is 22.6 Å². The molecule has 0 bridgehead atoms. The summed E-state index contributed by atoms with van der Waals surface area (Å²) in [7, 11) is 2.10. The molecular formula is C8H12IN. The van der Waals surface area contributed by atoms with E-state index in [-0.39, 0.29) is 0 Å². The first-order valence-corrected chi connectivity index (χ1v) is 5.03. The summed E-state index contributed by atoms with van der Waals surface area (Å²) in [4.78, 5) is 0. The molecular weight excluding hydrogens is 237 g/mol. The molecule has 1 aromatic rings. The number of nitrogens with zero attached hydrogens (tertiary/aromatic N) is 1. The van der Waals surface area contributed by atoms with Crippen LogP contribution in [0.2, 0.25) is 0 Å². The molecule has 0 aliphatic rings. The molecule has 0 unspecified atom stereocenters. The molecule has 0 aromatic carbocycles. The number of aromatic nitrogens is 1. The molecule has 0 amide bonds. The van der Waals surface area contributed by atoms with Crippen molar-refractivity contribution in [2.45, 2.75) is 12.8 Å². The Kier molecular flexibility index (Phi) is 3.25. The first-order chi connectivity index (χ1) is 4.84. The number of rotatable bonds is 3. The van der Waals surface area contributed by atoms with Crippen LogP contribution in [-0.4, -0.2) is 8.99 Å². The highest BCUT2D eigenvalue weighted by Gasteiger charge is 1.94. The van der Waals surface area contributed by atoms with Gasteiger partial charge < -0.3 is 4.57 Å². The lowest BCUT2D eigenvalue weighted by molar-refractivity contribution is 0.795. The summed E-state index contributed by atoms with van der Waals surface area (Å²) < 4.78 is 3.44. The van der Waals surface area contributed by atoms with E-state index in [0.717, 1.165) is 0 Å². The maximum Gasteiger partial charge on any atom is 0.0172 e. The number of halogens is 1. The van der Waals surface area contributed by atoms with Crippen molar-refractivity contribution < 1.29 is 0 Å². The summed E-state index contributed by atoms with van der Waals surface area (Å²) >= 11 is 2.41. The maximum absolute atomic E-state index is 2.41. The van der Waals surface area contributed by atoms with Gasteiger partial charge in [-0.2, -0.15) is 0 Å². The minimum Gasteiger partial charge on any atom is -0.354 e. The number of alkyl halides is 1. The Balaban J connectivity index is 2.49. The zero-order valence-electron chi connectivity index (χ0n) is 6.18. The highest BCUT2D eigenvalue weighted by Crippen LogP contribution is 2.04. The van der Waals surface area contributed by atoms with Crippen LogP contribution in [0.3, 0.4) is 0 Å². The SMILES string of the molecule is Cn1cccc1CCCI. The third-order valence-electron chi connectivity index (χ3n) is 1.62. The molecule has 0 atom stereocenters. The molecule has 1 aromatic heterocycles. The van der Waals surface area contributed by atoms with Crippen molar-refractivity contribution in [3.8, 4) is 0 Å². The molecule has 2 heteroatoms. The van der Waals surface area contributed by atoms with Crippen LogP contribution in [0.15, 0.2) is 18.3 Å². The Hall–Kier alpha value is 0.01000. The predicted octanol–water partition coefficient (Wildman–Crippen LogP) is 2.39. The van der Waals surface area contributed by atoms with E-state index >= 15 is 0 Å². The molecule has 1 rings (SSSR count). The average molecular weight is 249 g/mol. The number of hydrogen-bond donors (Lipinski definition) is 0. The third kappa shape index (κ3) is 2.01. The molecule has 10 heavy (non-hydrogen) atoms. The fourth-order valence-corrected chi connectivity index (χ4v) is 1.39. The quantitative estimate of drug-likeness (QED) is 0.572. The Bertz CT molecular complexity index is 193. The van der Waals surface area contributed by atoms with E-state index in [1.165, 1.54) is 23.0 Å². The van der Waals surface area contributed by atoms with Gasteiger partial charge in [0, 0.05) is 18.9 Å². The lowest BCUT2D eigenvalue weighted by atomic mass is 10.2. The second-order valence-electron chi connectivity index (χ2n) is 2.40. The van der Waals surface area contributed by atoms with Gasteiger partial charge in [-0.15, -0.1) is 0 Å². The molecule has 0 spiro atoms. The Morgan fingerprint density at radius 1 is 1.60 bits per heavy atom. The fourth-order valence-electron chi connectivity index (χ4n) is 1.00. The molecule has 1 nitrogen and oxygen atoms in total. The predicted molar refractivity (Wildman–Crippen MR) is 52.6 cm³/mol. The van der Waals surface area contributed by atoms with Crippen LogP contribution in [-0.2, 0) is 13.5 Å². The second kappa shape index (κ2) is 4.01. The molecule has 0 aliphatic carbocycles. The van der Waals surface area contributed by atoms with E-state index in [1.54, 1.807) is 0 Å². The summed E-state index contributed by atoms with van der Waals surface area (Å²) in [5.41, 5.74) is 1.44. The van der Waals surface area contributed by atoms with Gasteiger partial charge in [0.05, 0.1) is 0 Å². The highest BCUT2D eigenvalue weighted by molar-refractivity contribution is 14.1. The van der Waals surface area contributed by atoms with Crippen molar-refractivity contribution in [1.82, 2.24) is 4.57 Å². The van der Waals surface area contributed by atoms with Gasteiger partial charge in [0.1, 0.15) is 0 Å². The smallest absolute Gasteiger partial charge is 0.0172 e. The van der Waals surface area contributed by atoms with Gasteiger partial charge in [-0.05, 0) is 29.4 Å². The zero-order chi connectivity index (χ0) is 7.40. The normalized spacial score (nSPS) is 10.2. The minimum atomic E-state index is 1.21. The zero-order valence-corrected chi connectivity index (χ0v) is 8.34. The molecule has 56 valence electrons. The summed E-state index contributed by atoms with van der Waals surface area (Å²) in [6.07, 6.45) is 4.60. The lowest BCUT2D eigenvalue weighted by Crippen LogP contribution is -1.94. The highest BCUT2D eigenvalue weighted by atomic mass is 127. The first-order valence-electron chi connectivity index (χ1n) is 3.51. The van der Waals surface area contributed by atoms with E-state index in [2.05, 4.69) is 52.5 Å². The van der Waals surface area contributed by atoms with Crippen LogP contribution < -0.4 is 0 Å². The molecule has 1 heterocycles. The van der Waals surface area contributed by atoms with Crippen molar-refractivity contribution in [2.24, 2.45) is 7.05 Å². The van der Waals surface area contributed by atoms with Gasteiger partial charge in [-0.25, -0.2) is 0 Å². The molecule has 0 fully saturated rings. The fraction of sp³-hybridized carbons (Fsp3) is 0.500. The van der Waals surface area contributed by atoms with E-state index in [9.17, 15) is 0 Å². The third-order valence-corrected chi connectivity index (χ3v) is 2.38. The standard InChI is InChI=1S/C8H12IN/c1-10-7-3-5-8(10)4-2-6-9/h3,5,7H,2,4,6H2,1H3. The molecule has 0 saturated heterocycles. The largest absolute Gasteiger partial charge is 0.354 e. The topological polar surface area (TPSA) is 4.93 Å². The van der Waals surface area contributed by atoms with Crippen LogP contribution in [0.1, 0.15) is 12.1 Å². The van der Waals surface area contributed by atoms with Crippen LogP contribution in [0.5, 0.6) is 0 Å². The summed E-state index contributed by atoms with van der Waals surface area (Å²) in [5, 5.41) is 0. The second-order valence-corrected chi connectivity index (χ2v) is 3.48. The minimum absolute atomic E-state index is 1.21. The van der Waals surface area contributed by atoms with Crippen molar-refractivity contribution in [3.63, 3.8) is 0 Å². The number of aryl methyl sites for hydroxylation is 2. The monoisotopic (exact) mass is 249 g/mol. The van der Waals surface area contributed by atoms with E-state index < -0.39 is 0 Å². The molecule has 0 saturated carbocycles. The first kappa shape index (κ1) is 8.11. The van der Waals surface area contributed by atoms with E-state index in [4.69, 9.17) is 0 Å². The summed E-state index contributed by atoms with van der Waals surface area (Å²) in [6, 6.07) is 4.29. The summed E-state index contributed by atoms with van der Waals surface area (Å²) in [6.45, 7) is 0. The van der Waals surface area contributed by atoms with Crippen LogP contribution in [0.25, 0.3) is 0 Å². The van der Waals surface area contributed by atoms with Crippen LogP contribution >= 0.6 is 22.6 Å². The summed E-state index contributed by atoms with van der Waals surface area (Å²) in [5.74, 6) is 0. The van der Waals surface area contributed by atoms with Crippen molar-refractivity contribution in [3.05, 3.63) is 24.0 Å². The van der Waals surface area contributed by atoms with Gasteiger partial charge in [0.15, 0.2) is 0 Å². The van der Waals surface area contributed by atoms with Crippen molar-refractivity contribution in [2.75, 3.05) is 4.43 Å². The molecule has 0 aliphatic heterocycles. The van der Waals surface area contributed by atoms with Gasteiger partial charge in [0.25, 0.3) is 0 Å². The Morgan fingerprint density at radius 3 is 2.90 bits per heavy atom. The Morgan fingerprint density at radius 2 is 2.40 bits per heavy atom. The van der Waals surface area contributed by atoms with Crippen molar-refractivity contribution in [1.29, 1.82) is 0 Å². The van der Waals surface area contributed by atoms with Crippen molar-refractivity contribution >= 4 is 22.6 Å². The van der Waals surface area contributed by atoms with Gasteiger partial charge in [-0.3, -0.25) is 0 Å². The van der Waals surface area contributed by atoms with Crippen LogP contribution in [0, 0.1) is 0 Å². The Labute approximate surface area is 75.6 Å². The van der Waals surface area contributed by atoms with E-state index in [1.807, 2.05) is 0 Å². The molecule has 0 N–H and O–H groups in total. The van der Waals surface area contributed by atoms with E-state index in [0.29, 0.717) is 0 Å². The lowest BCUT2D eigenvalue weighted by Gasteiger charge is -1.99. The molecule has 0 radical (unpaired) electrons. The van der Waals surface area contributed by atoms with Crippen LogP contribution in [0.4, 0.5) is 0 Å².